The van der Waals surface area contributed by atoms with Gasteiger partial charge in [0.05, 0.1) is 28.3 Å². The van der Waals surface area contributed by atoms with Crippen molar-refractivity contribution < 1.29 is 14.5 Å². The van der Waals surface area contributed by atoms with Gasteiger partial charge in [0.1, 0.15) is 5.75 Å². The van der Waals surface area contributed by atoms with Gasteiger partial charge in [-0.1, -0.05) is 6.07 Å². The van der Waals surface area contributed by atoms with Crippen molar-refractivity contribution in [3.63, 3.8) is 0 Å². The molecule has 0 atom stereocenters. The molecule has 0 bridgehead atoms. The average molecular weight is 463 g/mol. The molecule has 0 aliphatic carbocycles. The Morgan fingerprint density at radius 1 is 1.12 bits per heavy atom. The first-order chi connectivity index (χ1) is 15.8. The highest BCUT2D eigenvalue weighted by Crippen LogP contribution is 2.35. The molecule has 1 saturated heterocycles. The summed E-state index contributed by atoms with van der Waals surface area (Å²) in [5, 5.41) is 11.8. The molecule has 9 heteroatoms. The molecule has 1 amide bonds. The van der Waals surface area contributed by atoms with Crippen LogP contribution in [-0.4, -0.2) is 39.6 Å². The molecule has 2 aromatic carbocycles. The Hall–Kier alpha value is -3.85. The number of rotatable bonds is 5. The van der Waals surface area contributed by atoms with Gasteiger partial charge in [0.25, 0.3) is 11.6 Å². The van der Waals surface area contributed by atoms with Gasteiger partial charge in [-0.3, -0.25) is 19.8 Å². The number of amidine groups is 1. The monoisotopic (exact) mass is 462 g/mol. The van der Waals surface area contributed by atoms with E-state index in [9.17, 15) is 14.9 Å². The van der Waals surface area contributed by atoms with Crippen LogP contribution in [0.2, 0.25) is 0 Å². The lowest BCUT2D eigenvalue weighted by Crippen LogP contribution is -2.23. The summed E-state index contributed by atoms with van der Waals surface area (Å²) < 4.78 is 7.12. The summed E-state index contributed by atoms with van der Waals surface area (Å²) in [6, 6.07) is 15.8. The number of nitro benzene ring substituents is 1. The van der Waals surface area contributed by atoms with Crippen LogP contribution < -0.4 is 4.74 Å². The third-order valence-electron chi connectivity index (χ3n) is 5.36. The van der Waals surface area contributed by atoms with Crippen LogP contribution in [0.15, 0.2) is 64.5 Å². The number of nitro groups is 1. The molecule has 1 aliphatic heterocycles. The second kappa shape index (κ2) is 8.95. The van der Waals surface area contributed by atoms with Crippen molar-refractivity contribution in [1.29, 1.82) is 0 Å². The van der Waals surface area contributed by atoms with E-state index in [1.54, 1.807) is 26.3 Å². The summed E-state index contributed by atoms with van der Waals surface area (Å²) in [6.45, 7) is 3.86. The smallest absolute Gasteiger partial charge is 0.271 e. The van der Waals surface area contributed by atoms with Crippen LogP contribution in [0.5, 0.6) is 5.75 Å². The molecular formula is C24H22N4O4S. The van der Waals surface area contributed by atoms with Crippen LogP contribution in [0.1, 0.15) is 17.0 Å². The summed E-state index contributed by atoms with van der Waals surface area (Å²) >= 11 is 1.31. The molecule has 8 nitrogen and oxygen atoms in total. The van der Waals surface area contributed by atoms with Gasteiger partial charge in [-0.05, 0) is 73.6 Å². The number of thioether (sulfide) groups is 1. The molecule has 0 unspecified atom stereocenters. The molecule has 33 heavy (non-hydrogen) atoms. The highest BCUT2D eigenvalue weighted by atomic mass is 32.2. The average Bonchev–Trinajstić information content (AvgIpc) is 3.23. The first-order valence-electron chi connectivity index (χ1n) is 10.1. The zero-order chi connectivity index (χ0) is 23.7. The zero-order valence-corrected chi connectivity index (χ0v) is 19.4. The number of likely N-dealkylation sites (N-methyl/N-ethyl adjacent to an activating group) is 1. The summed E-state index contributed by atoms with van der Waals surface area (Å²) in [7, 11) is 3.30. The molecular weight excluding hydrogens is 440 g/mol. The first-order valence-corrected chi connectivity index (χ1v) is 10.9. The number of carbonyl (C=O) groups excluding carboxylic acids is 1. The second-order valence-corrected chi connectivity index (χ2v) is 8.52. The van der Waals surface area contributed by atoms with Crippen molar-refractivity contribution in [2.24, 2.45) is 4.99 Å². The molecule has 1 aliphatic rings. The predicted molar refractivity (Wildman–Crippen MR) is 130 cm³/mol. The van der Waals surface area contributed by atoms with E-state index in [0.717, 1.165) is 28.4 Å². The number of nitrogens with zero attached hydrogens (tertiary/aromatic N) is 4. The molecule has 1 fully saturated rings. The Labute approximate surface area is 195 Å². The number of amides is 1. The number of aliphatic imine (C=N–C) groups is 1. The fourth-order valence-electron chi connectivity index (χ4n) is 3.64. The molecule has 168 valence electrons. The lowest BCUT2D eigenvalue weighted by molar-refractivity contribution is -0.384. The van der Waals surface area contributed by atoms with Crippen molar-refractivity contribution in [2.75, 3.05) is 14.2 Å². The number of aryl methyl sites for hydroxylation is 1. The van der Waals surface area contributed by atoms with E-state index in [-0.39, 0.29) is 11.6 Å². The van der Waals surface area contributed by atoms with E-state index >= 15 is 0 Å². The van der Waals surface area contributed by atoms with Crippen molar-refractivity contribution >= 4 is 40.3 Å². The third-order valence-corrected chi connectivity index (χ3v) is 6.42. The van der Waals surface area contributed by atoms with E-state index < -0.39 is 4.92 Å². The fourth-order valence-corrected chi connectivity index (χ4v) is 4.61. The lowest BCUT2D eigenvalue weighted by atomic mass is 10.2. The molecule has 0 radical (unpaired) electrons. The minimum absolute atomic E-state index is 0.0300. The van der Waals surface area contributed by atoms with E-state index in [2.05, 4.69) is 4.99 Å². The van der Waals surface area contributed by atoms with Gasteiger partial charge in [-0.15, -0.1) is 0 Å². The fraction of sp³-hybridized carbons (Fsp3) is 0.167. The summed E-state index contributed by atoms with van der Waals surface area (Å²) in [5.74, 6) is 0.606. The van der Waals surface area contributed by atoms with Gasteiger partial charge < -0.3 is 9.30 Å². The number of aromatic nitrogens is 1. The Bertz CT molecular complexity index is 1310. The van der Waals surface area contributed by atoms with Gasteiger partial charge in [0.15, 0.2) is 5.17 Å². The van der Waals surface area contributed by atoms with Gasteiger partial charge in [0.2, 0.25) is 0 Å². The minimum Gasteiger partial charge on any atom is -0.497 e. The van der Waals surface area contributed by atoms with Gasteiger partial charge in [-0.25, -0.2) is 4.99 Å². The van der Waals surface area contributed by atoms with E-state index in [1.165, 1.54) is 22.7 Å². The molecule has 0 saturated carbocycles. The van der Waals surface area contributed by atoms with Gasteiger partial charge >= 0.3 is 0 Å². The maximum absolute atomic E-state index is 12.9. The van der Waals surface area contributed by atoms with Crippen LogP contribution in [-0.2, 0) is 4.79 Å². The number of benzene rings is 2. The highest BCUT2D eigenvalue weighted by molar-refractivity contribution is 8.18. The van der Waals surface area contributed by atoms with Crippen molar-refractivity contribution in [3.8, 4) is 11.4 Å². The maximum Gasteiger partial charge on any atom is 0.271 e. The van der Waals surface area contributed by atoms with Crippen LogP contribution in [0, 0.1) is 24.0 Å². The summed E-state index contributed by atoms with van der Waals surface area (Å²) in [5.41, 5.74) is 4.13. The third kappa shape index (κ3) is 4.40. The minimum atomic E-state index is -0.409. The number of hydrogen-bond acceptors (Lipinski definition) is 6. The lowest BCUT2D eigenvalue weighted by Gasteiger charge is -2.09. The van der Waals surface area contributed by atoms with E-state index in [4.69, 9.17) is 4.74 Å². The number of carbonyl (C=O) groups is 1. The van der Waals surface area contributed by atoms with Gasteiger partial charge in [-0.2, -0.15) is 0 Å². The number of ether oxygens (including phenoxy) is 1. The SMILES string of the molecule is COc1ccc(N=C2S/C(=C\c3cc(C)n(-c4cccc([N+](=O)[O-])c4)c3C)C(=O)N2C)cc1. The number of methoxy groups -OCH3 is 1. The topological polar surface area (TPSA) is 90.0 Å². The number of non-ortho nitro benzene ring substituents is 1. The highest BCUT2D eigenvalue weighted by Gasteiger charge is 2.30. The largest absolute Gasteiger partial charge is 0.497 e. The van der Waals surface area contributed by atoms with Crippen molar-refractivity contribution in [3.05, 3.63) is 86.6 Å². The number of hydrogen-bond donors (Lipinski definition) is 0. The van der Waals surface area contributed by atoms with Crippen LogP contribution in [0.3, 0.4) is 0 Å². The van der Waals surface area contributed by atoms with Crippen molar-refractivity contribution in [2.45, 2.75) is 13.8 Å². The quantitative estimate of drug-likeness (QED) is 0.294. The van der Waals surface area contributed by atoms with Crippen LogP contribution >= 0.6 is 11.8 Å². The van der Waals surface area contributed by atoms with Gasteiger partial charge in [0, 0.05) is 30.6 Å². The Balaban J connectivity index is 1.66. The summed E-state index contributed by atoms with van der Waals surface area (Å²) in [4.78, 5) is 30.3. The molecule has 0 N–H and O–H groups in total. The predicted octanol–water partition coefficient (Wildman–Crippen LogP) is 5.24. The molecule has 0 spiro atoms. The standard InChI is InChI=1S/C24H22N4O4S/c1-15-12-17(16(2)27(15)19-6-5-7-20(14-19)28(30)31)13-22-23(29)26(3)24(33-22)25-18-8-10-21(32-4)11-9-18/h5-14H,1-4H3/b22-13-,25-24?. The Kier molecular flexibility index (Phi) is 6.06. The van der Waals surface area contributed by atoms with Crippen LogP contribution in [0.4, 0.5) is 11.4 Å². The normalized spacial score (nSPS) is 16.1. The van der Waals surface area contributed by atoms with E-state index in [0.29, 0.717) is 15.8 Å². The Morgan fingerprint density at radius 3 is 2.52 bits per heavy atom. The Morgan fingerprint density at radius 2 is 1.85 bits per heavy atom. The first kappa shape index (κ1) is 22.3. The molecule has 2 heterocycles. The van der Waals surface area contributed by atoms with Crippen LogP contribution in [0.25, 0.3) is 11.8 Å². The molecule has 3 aromatic rings. The summed E-state index contributed by atoms with van der Waals surface area (Å²) in [6.07, 6.45) is 1.84. The van der Waals surface area contributed by atoms with Crippen molar-refractivity contribution in [1.82, 2.24) is 9.47 Å². The zero-order valence-electron chi connectivity index (χ0n) is 18.6. The molecule has 4 rings (SSSR count). The maximum atomic E-state index is 12.9. The van der Waals surface area contributed by atoms with E-state index in [1.807, 2.05) is 60.9 Å². The second-order valence-electron chi connectivity index (χ2n) is 7.51. The molecule has 1 aromatic heterocycles.